The molecule has 1 rings (SSSR count). The van der Waals surface area contributed by atoms with E-state index in [-0.39, 0.29) is 25.7 Å². The Balaban J connectivity index is 2.60. The summed E-state index contributed by atoms with van der Waals surface area (Å²) < 4.78 is 20.0. The van der Waals surface area contributed by atoms with Crippen LogP contribution in [0.25, 0.3) is 0 Å². The minimum absolute atomic E-state index is 0.162. The van der Waals surface area contributed by atoms with Gasteiger partial charge in [0.25, 0.3) is 0 Å². The van der Waals surface area contributed by atoms with Crippen LogP contribution in [0.3, 0.4) is 0 Å². The third-order valence-electron chi connectivity index (χ3n) is 3.40. The molecule has 1 aliphatic carbocycles. The molecule has 0 bridgehead atoms. The van der Waals surface area contributed by atoms with Gasteiger partial charge in [-0.05, 0) is 18.4 Å². The number of nitrogens with one attached hydrogen (secondary N) is 1. The molecule has 0 spiro atoms. The minimum Gasteiger partial charge on any atom is -0.467 e. The Kier molecular flexibility index (Phi) is 9.01. The first-order chi connectivity index (χ1) is 11.1. The molecule has 1 amide bonds. The molecule has 0 fully saturated rings. The number of carbonyl (C=O) groups excluding carboxylic acids is 2. The number of hydrogen-bond acceptors (Lipinski definition) is 6. The number of methoxy groups -OCH3 is 3. The van der Waals surface area contributed by atoms with Gasteiger partial charge in [-0.3, -0.25) is 0 Å². The van der Waals surface area contributed by atoms with Crippen molar-refractivity contribution >= 4 is 12.1 Å². The average Bonchev–Trinajstić information content (AvgIpc) is 2.58. The summed E-state index contributed by atoms with van der Waals surface area (Å²) in [4.78, 5) is 23.9. The Morgan fingerprint density at radius 1 is 1.17 bits per heavy atom. The Morgan fingerprint density at radius 2 is 1.87 bits per heavy atom. The van der Waals surface area contributed by atoms with Gasteiger partial charge in [-0.25, -0.2) is 9.59 Å². The van der Waals surface area contributed by atoms with Crippen LogP contribution in [0, 0.1) is 5.92 Å². The molecule has 1 N–H and O–H groups in total. The SMILES string of the molecule is COCC(COC)[C@H](NC(=O)OCC1=CCCC=C1)C(=O)OC. The summed E-state index contributed by atoms with van der Waals surface area (Å²) in [6, 6.07) is -0.900. The summed E-state index contributed by atoms with van der Waals surface area (Å²) in [5.41, 5.74) is 0.936. The molecule has 130 valence electrons. The van der Waals surface area contributed by atoms with Crippen molar-refractivity contribution in [3.8, 4) is 0 Å². The minimum atomic E-state index is -0.900. The number of ether oxygens (including phenoxy) is 4. The van der Waals surface area contributed by atoms with Gasteiger partial charge in [-0.2, -0.15) is 0 Å². The van der Waals surface area contributed by atoms with E-state index in [9.17, 15) is 9.59 Å². The highest BCUT2D eigenvalue weighted by Gasteiger charge is 2.31. The van der Waals surface area contributed by atoms with Crippen LogP contribution in [0.5, 0.6) is 0 Å². The molecule has 1 aliphatic rings. The summed E-state index contributed by atoms with van der Waals surface area (Å²) in [6.45, 7) is 0.638. The first-order valence-electron chi connectivity index (χ1n) is 7.47. The van der Waals surface area contributed by atoms with Gasteiger partial charge >= 0.3 is 12.1 Å². The van der Waals surface area contributed by atoms with E-state index in [0.717, 1.165) is 18.4 Å². The average molecular weight is 327 g/mol. The van der Waals surface area contributed by atoms with Gasteiger partial charge in [0, 0.05) is 20.1 Å². The fourth-order valence-corrected chi connectivity index (χ4v) is 2.26. The summed E-state index contributed by atoms with van der Waals surface area (Å²) in [5, 5.41) is 2.53. The Morgan fingerprint density at radius 3 is 2.39 bits per heavy atom. The van der Waals surface area contributed by atoms with Gasteiger partial charge in [-0.15, -0.1) is 0 Å². The molecule has 0 unspecified atom stereocenters. The molecule has 0 saturated heterocycles. The first-order valence-corrected chi connectivity index (χ1v) is 7.47. The van der Waals surface area contributed by atoms with Crippen molar-refractivity contribution in [3.63, 3.8) is 0 Å². The van der Waals surface area contributed by atoms with E-state index in [0.29, 0.717) is 0 Å². The van der Waals surface area contributed by atoms with Crippen molar-refractivity contribution in [3.05, 3.63) is 23.8 Å². The van der Waals surface area contributed by atoms with Crippen LogP contribution in [0.15, 0.2) is 23.8 Å². The number of hydrogen-bond donors (Lipinski definition) is 1. The van der Waals surface area contributed by atoms with Crippen LogP contribution in [0.2, 0.25) is 0 Å². The second kappa shape index (κ2) is 10.8. The molecule has 0 aromatic heterocycles. The van der Waals surface area contributed by atoms with Gasteiger partial charge in [0.1, 0.15) is 12.6 Å². The largest absolute Gasteiger partial charge is 0.467 e. The van der Waals surface area contributed by atoms with Crippen LogP contribution < -0.4 is 5.32 Å². The monoisotopic (exact) mass is 327 g/mol. The standard InChI is InChI=1S/C16H25NO6/c1-20-10-13(11-21-2)14(15(18)22-3)17-16(19)23-9-12-7-5-4-6-8-12/h5,7-8,13-14H,4,6,9-11H2,1-3H3,(H,17,19)/t14-/m0/s1. The van der Waals surface area contributed by atoms with Crippen molar-refractivity contribution in [2.75, 3.05) is 41.2 Å². The van der Waals surface area contributed by atoms with Crippen molar-refractivity contribution < 1.29 is 28.5 Å². The van der Waals surface area contributed by atoms with E-state index in [4.69, 9.17) is 18.9 Å². The smallest absolute Gasteiger partial charge is 0.408 e. The topological polar surface area (TPSA) is 83.1 Å². The molecule has 0 radical (unpaired) electrons. The molecule has 0 heterocycles. The lowest BCUT2D eigenvalue weighted by atomic mass is 10.0. The van der Waals surface area contributed by atoms with Gasteiger partial charge < -0.3 is 24.3 Å². The third kappa shape index (κ3) is 6.83. The van der Waals surface area contributed by atoms with Gasteiger partial charge in [0.15, 0.2) is 0 Å². The van der Waals surface area contributed by atoms with Crippen molar-refractivity contribution in [2.24, 2.45) is 5.92 Å². The first kappa shape index (κ1) is 19.2. The molecular formula is C16H25NO6. The van der Waals surface area contributed by atoms with E-state index in [1.807, 2.05) is 18.2 Å². The number of carbonyl (C=O) groups is 2. The van der Waals surface area contributed by atoms with Crippen LogP contribution in [0.4, 0.5) is 4.79 Å². The quantitative estimate of drug-likeness (QED) is 0.645. The molecule has 23 heavy (non-hydrogen) atoms. The predicted molar refractivity (Wildman–Crippen MR) is 84.0 cm³/mol. The second-order valence-electron chi connectivity index (χ2n) is 5.15. The lowest BCUT2D eigenvalue weighted by Crippen LogP contribution is -2.49. The Bertz CT molecular complexity index is 440. The number of alkyl carbamates (subject to hydrolysis) is 1. The van der Waals surface area contributed by atoms with Crippen LogP contribution in [-0.2, 0) is 23.7 Å². The molecule has 0 aliphatic heterocycles. The summed E-state index contributed by atoms with van der Waals surface area (Å²) in [5.74, 6) is -0.948. The fraction of sp³-hybridized carbons (Fsp3) is 0.625. The Hall–Kier alpha value is -1.86. The summed E-state index contributed by atoms with van der Waals surface area (Å²) in [6.07, 6.45) is 7.22. The highest BCUT2D eigenvalue weighted by atomic mass is 16.6. The van der Waals surface area contributed by atoms with E-state index in [1.165, 1.54) is 21.3 Å². The zero-order valence-electron chi connectivity index (χ0n) is 13.9. The number of esters is 1. The molecule has 0 aromatic carbocycles. The fourth-order valence-electron chi connectivity index (χ4n) is 2.26. The predicted octanol–water partition coefficient (Wildman–Crippen LogP) is 1.44. The molecule has 1 atom stereocenters. The molecule has 7 heteroatoms. The maximum absolute atomic E-state index is 12.0. The van der Waals surface area contributed by atoms with Gasteiger partial charge in [0.2, 0.25) is 0 Å². The lowest BCUT2D eigenvalue weighted by Gasteiger charge is -2.24. The molecule has 0 aromatic rings. The summed E-state index contributed by atoms with van der Waals surface area (Å²) >= 11 is 0. The second-order valence-corrected chi connectivity index (χ2v) is 5.15. The van der Waals surface area contributed by atoms with E-state index in [1.54, 1.807) is 0 Å². The summed E-state index contributed by atoms with van der Waals surface area (Å²) in [7, 11) is 4.28. The van der Waals surface area contributed by atoms with Gasteiger partial charge in [0.05, 0.1) is 20.3 Å². The molecule has 7 nitrogen and oxygen atoms in total. The van der Waals surface area contributed by atoms with Crippen LogP contribution in [-0.4, -0.2) is 59.3 Å². The maximum Gasteiger partial charge on any atom is 0.408 e. The zero-order chi connectivity index (χ0) is 17.1. The number of amides is 1. The van der Waals surface area contributed by atoms with Crippen molar-refractivity contribution in [1.29, 1.82) is 0 Å². The third-order valence-corrected chi connectivity index (χ3v) is 3.40. The highest BCUT2D eigenvalue weighted by Crippen LogP contribution is 2.11. The normalized spacial score (nSPS) is 15.0. The van der Waals surface area contributed by atoms with Crippen LogP contribution >= 0.6 is 0 Å². The van der Waals surface area contributed by atoms with Crippen molar-refractivity contribution in [1.82, 2.24) is 5.32 Å². The van der Waals surface area contributed by atoms with E-state index < -0.39 is 18.1 Å². The van der Waals surface area contributed by atoms with E-state index in [2.05, 4.69) is 5.32 Å². The molecular weight excluding hydrogens is 302 g/mol. The lowest BCUT2D eigenvalue weighted by molar-refractivity contribution is -0.145. The zero-order valence-corrected chi connectivity index (χ0v) is 13.9. The molecule has 0 saturated carbocycles. The van der Waals surface area contributed by atoms with Crippen LogP contribution in [0.1, 0.15) is 12.8 Å². The number of allylic oxidation sites excluding steroid dienone is 2. The van der Waals surface area contributed by atoms with Crippen molar-refractivity contribution in [2.45, 2.75) is 18.9 Å². The highest BCUT2D eigenvalue weighted by molar-refractivity contribution is 5.81. The van der Waals surface area contributed by atoms with Gasteiger partial charge in [-0.1, -0.05) is 18.2 Å². The Labute approximate surface area is 136 Å². The van der Waals surface area contributed by atoms with E-state index >= 15 is 0 Å². The maximum atomic E-state index is 12.0. The number of rotatable bonds is 9.